The molecule has 0 bridgehead atoms. The normalized spacial score (nSPS) is 19.2. The number of piperidine rings is 1. The highest BCUT2D eigenvalue weighted by Crippen LogP contribution is 2.28. The highest BCUT2D eigenvalue weighted by molar-refractivity contribution is 14.0. The van der Waals surface area contributed by atoms with E-state index in [1.165, 1.54) is 12.8 Å². The van der Waals surface area contributed by atoms with Crippen molar-refractivity contribution in [3.05, 3.63) is 0 Å². The van der Waals surface area contributed by atoms with Gasteiger partial charge in [-0.2, -0.15) is 0 Å². The first-order chi connectivity index (χ1) is 11.4. The van der Waals surface area contributed by atoms with Gasteiger partial charge in [0.15, 0.2) is 5.96 Å². The molecule has 2 aliphatic rings. The Kier molecular flexibility index (Phi) is 9.30. The van der Waals surface area contributed by atoms with Crippen LogP contribution >= 0.6 is 24.0 Å². The summed E-state index contributed by atoms with van der Waals surface area (Å²) in [4.78, 5) is 18.6. The molecule has 1 saturated heterocycles. The molecule has 0 aromatic rings. The van der Waals surface area contributed by atoms with Crippen molar-refractivity contribution in [2.75, 3.05) is 32.7 Å². The molecule has 25 heavy (non-hydrogen) atoms. The number of aliphatic imine (C=N–C) groups is 1. The third-order valence-corrected chi connectivity index (χ3v) is 4.37. The second-order valence-electron chi connectivity index (χ2n) is 7.95. The minimum atomic E-state index is -0.422. The van der Waals surface area contributed by atoms with Crippen LogP contribution in [0.15, 0.2) is 4.99 Å². The van der Waals surface area contributed by atoms with Crippen LogP contribution in [0.4, 0.5) is 4.79 Å². The number of amides is 1. The largest absolute Gasteiger partial charge is 0.444 e. The van der Waals surface area contributed by atoms with Gasteiger partial charge >= 0.3 is 6.09 Å². The summed E-state index contributed by atoms with van der Waals surface area (Å²) in [6.45, 7) is 12.1. The van der Waals surface area contributed by atoms with Gasteiger partial charge in [0, 0.05) is 32.7 Å². The molecule has 1 saturated carbocycles. The van der Waals surface area contributed by atoms with Crippen LogP contribution < -0.4 is 10.6 Å². The number of hydrogen-bond donors (Lipinski definition) is 2. The Balaban J connectivity index is 0.00000312. The summed E-state index contributed by atoms with van der Waals surface area (Å²) in [6, 6.07) is 0. The number of nitrogens with zero attached hydrogens (tertiary/aromatic N) is 2. The van der Waals surface area contributed by atoms with Gasteiger partial charge in [0.25, 0.3) is 0 Å². The van der Waals surface area contributed by atoms with Crippen molar-refractivity contribution in [1.29, 1.82) is 0 Å². The second kappa shape index (κ2) is 10.4. The van der Waals surface area contributed by atoms with Crippen LogP contribution in [0.3, 0.4) is 0 Å². The van der Waals surface area contributed by atoms with Crippen molar-refractivity contribution < 1.29 is 9.53 Å². The summed E-state index contributed by atoms with van der Waals surface area (Å²) >= 11 is 0. The van der Waals surface area contributed by atoms with Crippen molar-refractivity contribution in [3.8, 4) is 0 Å². The highest BCUT2D eigenvalue weighted by Gasteiger charge is 2.27. The van der Waals surface area contributed by atoms with Crippen molar-refractivity contribution in [1.82, 2.24) is 15.5 Å². The molecule has 0 aromatic heterocycles. The highest BCUT2D eigenvalue weighted by atomic mass is 127. The fourth-order valence-corrected chi connectivity index (χ4v) is 2.75. The van der Waals surface area contributed by atoms with Crippen LogP contribution in [0.1, 0.15) is 53.4 Å². The SMILES string of the molecule is CCNC(=NCC1CC1)NCC1CCN(C(=O)OC(C)(C)C)CC1.I. The van der Waals surface area contributed by atoms with Crippen molar-refractivity contribution in [3.63, 3.8) is 0 Å². The molecule has 7 heteroatoms. The number of carbonyl (C=O) groups is 1. The lowest BCUT2D eigenvalue weighted by Crippen LogP contribution is -2.45. The Morgan fingerprint density at radius 3 is 2.28 bits per heavy atom. The number of likely N-dealkylation sites (tertiary alicyclic amines) is 1. The summed E-state index contributed by atoms with van der Waals surface area (Å²) in [5.41, 5.74) is -0.422. The van der Waals surface area contributed by atoms with E-state index >= 15 is 0 Å². The van der Waals surface area contributed by atoms with Crippen LogP contribution in [0.2, 0.25) is 0 Å². The van der Waals surface area contributed by atoms with Gasteiger partial charge in [-0.15, -0.1) is 24.0 Å². The lowest BCUT2D eigenvalue weighted by Gasteiger charge is -2.33. The van der Waals surface area contributed by atoms with Crippen LogP contribution in [0.5, 0.6) is 0 Å². The van der Waals surface area contributed by atoms with E-state index in [4.69, 9.17) is 4.74 Å². The molecule has 1 aliphatic carbocycles. The Morgan fingerprint density at radius 1 is 1.12 bits per heavy atom. The molecule has 1 aliphatic heterocycles. The topological polar surface area (TPSA) is 66.0 Å². The smallest absolute Gasteiger partial charge is 0.410 e. The van der Waals surface area contributed by atoms with E-state index in [1.807, 2.05) is 25.7 Å². The zero-order valence-corrected chi connectivity index (χ0v) is 18.5. The van der Waals surface area contributed by atoms with Gasteiger partial charge < -0.3 is 20.3 Å². The van der Waals surface area contributed by atoms with Gasteiger partial charge in [-0.05, 0) is 65.2 Å². The van der Waals surface area contributed by atoms with E-state index in [0.29, 0.717) is 5.92 Å². The third kappa shape index (κ3) is 8.96. The first-order valence-corrected chi connectivity index (χ1v) is 9.37. The first kappa shape index (κ1) is 22.3. The molecule has 2 fully saturated rings. The monoisotopic (exact) mass is 466 g/mol. The molecule has 0 radical (unpaired) electrons. The van der Waals surface area contributed by atoms with E-state index in [0.717, 1.165) is 57.4 Å². The fraction of sp³-hybridized carbons (Fsp3) is 0.889. The van der Waals surface area contributed by atoms with Crippen LogP contribution in [-0.4, -0.2) is 55.3 Å². The maximum atomic E-state index is 12.1. The van der Waals surface area contributed by atoms with E-state index < -0.39 is 5.60 Å². The number of carbonyl (C=O) groups excluding carboxylic acids is 1. The molecule has 146 valence electrons. The zero-order valence-electron chi connectivity index (χ0n) is 16.1. The molecule has 0 spiro atoms. The Hall–Kier alpha value is -0.730. The second-order valence-corrected chi connectivity index (χ2v) is 7.95. The Labute approximate surface area is 169 Å². The predicted octanol–water partition coefficient (Wildman–Crippen LogP) is 3.22. The average molecular weight is 466 g/mol. The van der Waals surface area contributed by atoms with E-state index in [-0.39, 0.29) is 30.1 Å². The Bertz CT molecular complexity index is 439. The summed E-state index contributed by atoms with van der Waals surface area (Å²) in [5, 5.41) is 6.77. The lowest BCUT2D eigenvalue weighted by atomic mass is 9.97. The predicted molar refractivity (Wildman–Crippen MR) is 113 cm³/mol. The molecule has 0 aromatic carbocycles. The summed E-state index contributed by atoms with van der Waals surface area (Å²) in [6.07, 6.45) is 4.48. The van der Waals surface area contributed by atoms with Crippen LogP contribution in [0.25, 0.3) is 0 Å². The number of guanidine groups is 1. The third-order valence-electron chi connectivity index (χ3n) is 4.37. The summed E-state index contributed by atoms with van der Waals surface area (Å²) < 4.78 is 5.45. The molecule has 1 amide bonds. The van der Waals surface area contributed by atoms with Crippen molar-refractivity contribution >= 4 is 36.0 Å². The molecule has 0 unspecified atom stereocenters. The molecule has 0 atom stereocenters. The fourth-order valence-electron chi connectivity index (χ4n) is 2.75. The minimum absolute atomic E-state index is 0. The molecular weight excluding hydrogens is 431 g/mol. The maximum Gasteiger partial charge on any atom is 0.410 e. The quantitative estimate of drug-likeness (QED) is 0.371. The summed E-state index contributed by atoms with van der Waals surface area (Å²) in [5.74, 6) is 2.31. The van der Waals surface area contributed by atoms with Crippen molar-refractivity contribution in [2.45, 2.75) is 59.0 Å². The van der Waals surface area contributed by atoms with Gasteiger partial charge in [0.2, 0.25) is 0 Å². The molecule has 2 N–H and O–H groups in total. The zero-order chi connectivity index (χ0) is 17.6. The molecular formula is C18H35IN4O2. The number of ether oxygens (including phenoxy) is 1. The summed E-state index contributed by atoms with van der Waals surface area (Å²) in [7, 11) is 0. The van der Waals surface area contributed by atoms with Gasteiger partial charge in [-0.1, -0.05) is 0 Å². The average Bonchev–Trinajstić information content (AvgIpc) is 3.33. The van der Waals surface area contributed by atoms with Crippen LogP contribution in [0, 0.1) is 11.8 Å². The number of rotatable bonds is 5. The number of nitrogens with one attached hydrogen (secondary N) is 2. The molecule has 6 nitrogen and oxygen atoms in total. The van der Waals surface area contributed by atoms with Crippen LogP contribution in [-0.2, 0) is 4.74 Å². The number of hydrogen-bond acceptors (Lipinski definition) is 3. The Morgan fingerprint density at radius 2 is 1.76 bits per heavy atom. The maximum absolute atomic E-state index is 12.1. The molecule has 1 heterocycles. The van der Waals surface area contributed by atoms with Gasteiger partial charge in [-0.25, -0.2) is 4.79 Å². The molecule has 2 rings (SSSR count). The lowest BCUT2D eigenvalue weighted by molar-refractivity contribution is 0.0185. The van der Waals surface area contributed by atoms with Gasteiger partial charge in [-0.3, -0.25) is 4.99 Å². The van der Waals surface area contributed by atoms with Gasteiger partial charge in [0.1, 0.15) is 5.60 Å². The minimum Gasteiger partial charge on any atom is -0.444 e. The van der Waals surface area contributed by atoms with E-state index in [2.05, 4.69) is 22.5 Å². The van der Waals surface area contributed by atoms with E-state index in [1.54, 1.807) is 0 Å². The first-order valence-electron chi connectivity index (χ1n) is 9.37. The standard InChI is InChI=1S/C18H34N4O2.HI/c1-5-19-16(20-12-14-6-7-14)21-13-15-8-10-22(11-9-15)17(23)24-18(2,3)4;/h14-15H,5-13H2,1-4H3,(H2,19,20,21);1H. The van der Waals surface area contributed by atoms with Crippen molar-refractivity contribution in [2.24, 2.45) is 16.8 Å². The number of halogens is 1. The van der Waals surface area contributed by atoms with E-state index in [9.17, 15) is 4.79 Å². The van der Waals surface area contributed by atoms with Gasteiger partial charge in [0.05, 0.1) is 0 Å².